The summed E-state index contributed by atoms with van der Waals surface area (Å²) in [7, 11) is 0. The van der Waals surface area contributed by atoms with Crippen molar-refractivity contribution in [3.63, 3.8) is 0 Å². The third-order valence-corrected chi connectivity index (χ3v) is 1.34. The average Bonchev–Trinajstić information content (AvgIpc) is 2.12. The molecule has 0 heterocycles. The molecular formula is C6H12O6. The lowest BCUT2D eigenvalue weighted by Gasteiger charge is -2.20. The van der Waals surface area contributed by atoms with Crippen LogP contribution < -0.4 is 0 Å². The summed E-state index contributed by atoms with van der Waals surface area (Å²) < 4.78 is 0. The van der Waals surface area contributed by atoms with E-state index in [0.29, 0.717) is 0 Å². The fourth-order valence-corrected chi connectivity index (χ4v) is 0.570. The molecular weight excluding hydrogens is 168 g/mol. The van der Waals surface area contributed by atoms with Gasteiger partial charge in [-0.2, -0.15) is 0 Å². The molecule has 0 saturated heterocycles. The molecule has 3 unspecified atom stereocenters. The third-order valence-electron chi connectivity index (χ3n) is 1.34. The standard InChI is InChI=1S/C6H12O6/c7-1-3(9)5(11)6(12)4(10)2-8/h1,4-12H,2H2/b3-1-. The Balaban J connectivity index is 4.18. The van der Waals surface area contributed by atoms with E-state index in [4.69, 9.17) is 30.6 Å². The van der Waals surface area contributed by atoms with Crippen molar-refractivity contribution < 1.29 is 30.6 Å². The molecule has 0 aromatic rings. The highest BCUT2D eigenvalue weighted by molar-refractivity contribution is 4.97. The lowest BCUT2D eigenvalue weighted by molar-refractivity contribution is -0.0750. The van der Waals surface area contributed by atoms with Crippen LogP contribution in [0, 0.1) is 0 Å². The van der Waals surface area contributed by atoms with Gasteiger partial charge in [0.15, 0.2) is 5.76 Å². The van der Waals surface area contributed by atoms with Crippen LogP contribution in [0.2, 0.25) is 0 Å². The summed E-state index contributed by atoms with van der Waals surface area (Å²) in [6.07, 6.45) is -4.92. The number of hydrogen-bond acceptors (Lipinski definition) is 6. The first kappa shape index (κ1) is 11.2. The van der Waals surface area contributed by atoms with E-state index in [2.05, 4.69) is 0 Å². The van der Waals surface area contributed by atoms with Crippen molar-refractivity contribution in [3.8, 4) is 0 Å². The second-order valence-corrected chi connectivity index (χ2v) is 2.24. The van der Waals surface area contributed by atoms with Crippen LogP contribution in [-0.2, 0) is 0 Å². The molecule has 0 aliphatic carbocycles. The van der Waals surface area contributed by atoms with Crippen molar-refractivity contribution >= 4 is 0 Å². The van der Waals surface area contributed by atoms with E-state index in [0.717, 1.165) is 0 Å². The smallest absolute Gasteiger partial charge is 0.158 e. The summed E-state index contributed by atoms with van der Waals surface area (Å²) in [4.78, 5) is 0. The van der Waals surface area contributed by atoms with Crippen LogP contribution in [0.3, 0.4) is 0 Å². The molecule has 0 saturated carbocycles. The van der Waals surface area contributed by atoms with E-state index in [1.807, 2.05) is 0 Å². The predicted molar refractivity (Wildman–Crippen MR) is 38.4 cm³/mol. The molecule has 3 atom stereocenters. The molecule has 0 fully saturated rings. The van der Waals surface area contributed by atoms with Gasteiger partial charge in [0.1, 0.15) is 24.6 Å². The summed E-state index contributed by atoms with van der Waals surface area (Å²) in [5, 5.41) is 51.7. The molecule has 0 aliphatic rings. The summed E-state index contributed by atoms with van der Waals surface area (Å²) in [5.41, 5.74) is 0. The van der Waals surface area contributed by atoms with E-state index in [1.165, 1.54) is 0 Å². The molecule has 0 radical (unpaired) electrons. The van der Waals surface area contributed by atoms with E-state index in [1.54, 1.807) is 0 Å². The minimum atomic E-state index is -1.81. The van der Waals surface area contributed by atoms with Gasteiger partial charge in [-0.25, -0.2) is 0 Å². The van der Waals surface area contributed by atoms with E-state index < -0.39 is 30.7 Å². The highest BCUT2D eigenvalue weighted by Gasteiger charge is 2.26. The summed E-state index contributed by atoms with van der Waals surface area (Å²) in [6.45, 7) is -0.753. The Hall–Kier alpha value is -0.820. The number of rotatable bonds is 4. The maximum Gasteiger partial charge on any atom is 0.158 e. The topological polar surface area (TPSA) is 121 Å². The van der Waals surface area contributed by atoms with Crippen molar-refractivity contribution in [2.75, 3.05) is 6.61 Å². The molecule has 0 rings (SSSR count). The quantitative estimate of drug-likeness (QED) is 0.279. The highest BCUT2D eigenvalue weighted by Crippen LogP contribution is 2.06. The minimum absolute atomic E-state index is 0.192. The van der Waals surface area contributed by atoms with Gasteiger partial charge in [0.25, 0.3) is 0 Å². The van der Waals surface area contributed by atoms with Crippen LogP contribution in [0.4, 0.5) is 0 Å². The van der Waals surface area contributed by atoms with Crippen molar-refractivity contribution in [1.82, 2.24) is 0 Å². The summed E-state index contributed by atoms with van der Waals surface area (Å²) in [5.74, 6) is -0.880. The van der Waals surface area contributed by atoms with E-state index in [-0.39, 0.29) is 6.26 Å². The third kappa shape index (κ3) is 2.67. The van der Waals surface area contributed by atoms with Gasteiger partial charge in [0, 0.05) is 0 Å². The van der Waals surface area contributed by atoms with Crippen molar-refractivity contribution in [2.45, 2.75) is 18.3 Å². The number of aliphatic hydroxyl groups excluding tert-OH is 6. The molecule has 6 N–H and O–H groups in total. The SMILES string of the molecule is O/C=C(\O)C(O)C(O)C(O)CO. The second-order valence-electron chi connectivity index (χ2n) is 2.24. The molecule has 6 heteroatoms. The fraction of sp³-hybridized carbons (Fsp3) is 0.667. The Kier molecular flexibility index (Phi) is 4.60. The van der Waals surface area contributed by atoms with Crippen molar-refractivity contribution in [2.24, 2.45) is 0 Å². The predicted octanol–water partition coefficient (Wildman–Crippen LogP) is -1.98. The van der Waals surface area contributed by atoms with Gasteiger partial charge < -0.3 is 30.6 Å². The fourth-order valence-electron chi connectivity index (χ4n) is 0.570. The Labute approximate surface area is 68.6 Å². The zero-order valence-electron chi connectivity index (χ0n) is 6.20. The second kappa shape index (κ2) is 4.94. The minimum Gasteiger partial charge on any atom is -0.512 e. The zero-order valence-corrected chi connectivity index (χ0v) is 6.20. The first-order valence-corrected chi connectivity index (χ1v) is 3.22. The maximum atomic E-state index is 8.92. The Morgan fingerprint density at radius 1 is 1.25 bits per heavy atom. The molecule has 0 amide bonds. The largest absolute Gasteiger partial charge is 0.512 e. The molecule has 0 aliphatic heterocycles. The molecule has 0 spiro atoms. The first-order chi connectivity index (χ1) is 5.54. The molecule has 72 valence electrons. The number of hydrogen-bond donors (Lipinski definition) is 6. The summed E-state index contributed by atoms with van der Waals surface area (Å²) in [6, 6.07) is 0. The average molecular weight is 180 g/mol. The summed E-state index contributed by atoms with van der Waals surface area (Å²) >= 11 is 0. The monoisotopic (exact) mass is 180 g/mol. The molecule has 12 heavy (non-hydrogen) atoms. The number of aliphatic hydroxyl groups is 6. The van der Waals surface area contributed by atoms with Crippen LogP contribution >= 0.6 is 0 Å². The maximum absolute atomic E-state index is 8.92. The zero-order chi connectivity index (χ0) is 9.72. The molecule has 0 bridgehead atoms. The van der Waals surface area contributed by atoms with E-state index in [9.17, 15) is 0 Å². The van der Waals surface area contributed by atoms with E-state index >= 15 is 0 Å². The molecule has 6 nitrogen and oxygen atoms in total. The van der Waals surface area contributed by atoms with Gasteiger partial charge in [-0.3, -0.25) is 0 Å². The first-order valence-electron chi connectivity index (χ1n) is 3.22. The van der Waals surface area contributed by atoms with Crippen LogP contribution in [0.5, 0.6) is 0 Å². The van der Waals surface area contributed by atoms with Gasteiger partial charge in [-0.1, -0.05) is 0 Å². The van der Waals surface area contributed by atoms with Crippen LogP contribution in [0.25, 0.3) is 0 Å². The Bertz CT molecular complexity index is 156. The van der Waals surface area contributed by atoms with Crippen molar-refractivity contribution in [1.29, 1.82) is 0 Å². The molecule has 0 aromatic heterocycles. The van der Waals surface area contributed by atoms with Crippen molar-refractivity contribution in [3.05, 3.63) is 12.0 Å². The lowest BCUT2D eigenvalue weighted by atomic mass is 10.1. The lowest BCUT2D eigenvalue weighted by Crippen LogP contribution is -2.40. The highest BCUT2D eigenvalue weighted by atomic mass is 16.4. The van der Waals surface area contributed by atoms with Gasteiger partial charge in [0.2, 0.25) is 0 Å². The normalized spacial score (nSPS) is 20.2. The Morgan fingerprint density at radius 3 is 2.08 bits per heavy atom. The van der Waals surface area contributed by atoms with Crippen LogP contribution in [0.15, 0.2) is 12.0 Å². The van der Waals surface area contributed by atoms with Gasteiger partial charge in [-0.15, -0.1) is 0 Å². The van der Waals surface area contributed by atoms with Gasteiger partial charge >= 0.3 is 0 Å². The molecule has 0 aromatic carbocycles. The Morgan fingerprint density at radius 2 is 1.75 bits per heavy atom. The van der Waals surface area contributed by atoms with Crippen LogP contribution in [0.1, 0.15) is 0 Å². The van der Waals surface area contributed by atoms with Gasteiger partial charge in [-0.05, 0) is 0 Å². The van der Waals surface area contributed by atoms with Crippen LogP contribution in [-0.4, -0.2) is 55.6 Å². The van der Waals surface area contributed by atoms with Gasteiger partial charge in [0.05, 0.1) is 6.61 Å².